The maximum atomic E-state index is 6.16. The maximum absolute atomic E-state index is 6.16. The molecule has 0 bridgehead atoms. The lowest BCUT2D eigenvalue weighted by atomic mass is 9.82. The summed E-state index contributed by atoms with van der Waals surface area (Å²) < 4.78 is 8.80. The molecular formula is C42H27NOS. The molecule has 0 aliphatic rings. The number of benzene rings is 6. The summed E-state index contributed by atoms with van der Waals surface area (Å²) >= 11 is 1.87. The number of hydrogen-bond donors (Lipinski definition) is 0. The number of hydrogen-bond acceptors (Lipinski definition) is 3. The quantitative estimate of drug-likeness (QED) is 0.186. The first-order valence-electron chi connectivity index (χ1n) is 15.2. The molecule has 3 heteroatoms. The van der Waals surface area contributed by atoms with Crippen LogP contribution in [0.25, 0.3) is 64.5 Å². The summed E-state index contributed by atoms with van der Waals surface area (Å²) in [5, 5.41) is 4.81. The third kappa shape index (κ3) is 4.35. The average Bonchev–Trinajstić information content (AvgIpc) is 3.68. The van der Waals surface area contributed by atoms with Gasteiger partial charge in [0.05, 0.1) is 11.1 Å². The molecule has 0 spiro atoms. The van der Waals surface area contributed by atoms with Crippen molar-refractivity contribution in [2.45, 2.75) is 5.92 Å². The highest BCUT2D eigenvalue weighted by molar-refractivity contribution is 7.25. The molecule has 0 radical (unpaired) electrons. The number of aromatic nitrogens is 1. The lowest BCUT2D eigenvalue weighted by Crippen LogP contribution is -2.04. The van der Waals surface area contributed by atoms with Gasteiger partial charge in [0, 0.05) is 43.2 Å². The number of thiophene rings is 1. The summed E-state index contributed by atoms with van der Waals surface area (Å²) in [6.45, 7) is 0. The minimum absolute atomic E-state index is 0.0593. The maximum Gasteiger partial charge on any atom is 0.139 e. The van der Waals surface area contributed by atoms with Gasteiger partial charge in [0.25, 0.3) is 0 Å². The van der Waals surface area contributed by atoms with E-state index in [1.165, 1.54) is 48.0 Å². The normalized spacial score (nSPS) is 12.4. The fourth-order valence-corrected chi connectivity index (χ4v) is 7.96. The van der Waals surface area contributed by atoms with Gasteiger partial charge in [-0.1, -0.05) is 127 Å². The summed E-state index contributed by atoms with van der Waals surface area (Å²) in [7, 11) is 0. The van der Waals surface area contributed by atoms with E-state index in [-0.39, 0.29) is 5.92 Å². The third-order valence-corrected chi connectivity index (χ3v) is 10.0. The predicted octanol–water partition coefficient (Wildman–Crippen LogP) is 11.9. The molecule has 3 heterocycles. The molecule has 0 aliphatic heterocycles. The van der Waals surface area contributed by atoms with Crippen molar-refractivity contribution >= 4 is 53.4 Å². The SMILES string of the molecule is c1ccc(-c2ccc(C(c3ccc(-c4nccc5oc6ccccc6c45)cc3)c3cccc4sc5ccccc5c34)cc2)cc1. The molecule has 9 rings (SSSR count). The summed E-state index contributed by atoms with van der Waals surface area (Å²) in [6, 6.07) is 54.4. The van der Waals surface area contributed by atoms with Crippen molar-refractivity contribution in [3.8, 4) is 22.4 Å². The van der Waals surface area contributed by atoms with Crippen LogP contribution in [0.5, 0.6) is 0 Å². The van der Waals surface area contributed by atoms with Gasteiger partial charge in [-0.2, -0.15) is 0 Å². The van der Waals surface area contributed by atoms with Gasteiger partial charge in [-0.25, -0.2) is 0 Å². The first-order chi connectivity index (χ1) is 22.3. The topological polar surface area (TPSA) is 26.0 Å². The highest BCUT2D eigenvalue weighted by atomic mass is 32.1. The van der Waals surface area contributed by atoms with Crippen molar-refractivity contribution in [2.75, 3.05) is 0 Å². The van der Waals surface area contributed by atoms with Crippen LogP contribution >= 0.6 is 11.3 Å². The van der Waals surface area contributed by atoms with E-state index in [0.717, 1.165) is 33.2 Å². The molecule has 0 saturated heterocycles. The minimum Gasteiger partial charge on any atom is -0.456 e. The van der Waals surface area contributed by atoms with Gasteiger partial charge < -0.3 is 4.42 Å². The van der Waals surface area contributed by atoms with Crippen LogP contribution in [0.4, 0.5) is 0 Å². The molecule has 1 unspecified atom stereocenters. The lowest BCUT2D eigenvalue weighted by molar-refractivity contribution is 0.668. The van der Waals surface area contributed by atoms with Gasteiger partial charge in [-0.05, 0) is 52.1 Å². The Morgan fingerprint density at radius 1 is 0.467 bits per heavy atom. The molecule has 9 aromatic rings. The van der Waals surface area contributed by atoms with E-state index in [9.17, 15) is 0 Å². The molecule has 0 aliphatic carbocycles. The zero-order valence-corrected chi connectivity index (χ0v) is 25.2. The van der Waals surface area contributed by atoms with Gasteiger partial charge in [-0.15, -0.1) is 11.3 Å². The third-order valence-electron chi connectivity index (χ3n) is 8.90. The zero-order chi connectivity index (χ0) is 29.7. The number of rotatable bonds is 5. The van der Waals surface area contributed by atoms with Crippen LogP contribution < -0.4 is 0 Å². The predicted molar refractivity (Wildman–Crippen MR) is 189 cm³/mol. The van der Waals surface area contributed by atoms with Crippen molar-refractivity contribution in [3.05, 3.63) is 175 Å². The van der Waals surface area contributed by atoms with Crippen molar-refractivity contribution in [2.24, 2.45) is 0 Å². The summed E-state index contributed by atoms with van der Waals surface area (Å²) in [6.07, 6.45) is 1.84. The average molecular weight is 594 g/mol. The van der Waals surface area contributed by atoms with Crippen LogP contribution in [0, 0.1) is 0 Å². The molecular weight excluding hydrogens is 567 g/mol. The van der Waals surface area contributed by atoms with Crippen molar-refractivity contribution in [3.63, 3.8) is 0 Å². The Morgan fingerprint density at radius 3 is 1.91 bits per heavy atom. The van der Waals surface area contributed by atoms with E-state index >= 15 is 0 Å². The second-order valence-electron chi connectivity index (χ2n) is 11.5. The number of fused-ring (bicyclic) bond motifs is 6. The van der Waals surface area contributed by atoms with E-state index in [4.69, 9.17) is 9.40 Å². The zero-order valence-electron chi connectivity index (χ0n) is 24.4. The number of furan rings is 1. The lowest BCUT2D eigenvalue weighted by Gasteiger charge is -2.21. The second kappa shape index (κ2) is 10.6. The van der Waals surface area contributed by atoms with E-state index in [1.54, 1.807) is 0 Å². The summed E-state index contributed by atoms with van der Waals surface area (Å²) in [4.78, 5) is 4.84. The number of nitrogens with zero attached hydrogens (tertiary/aromatic N) is 1. The molecule has 6 aromatic carbocycles. The first-order valence-corrected chi connectivity index (χ1v) is 16.1. The molecule has 3 aromatic heterocycles. The first kappa shape index (κ1) is 25.9. The summed E-state index contributed by atoms with van der Waals surface area (Å²) in [5.41, 5.74) is 10.1. The Kier molecular flexibility index (Phi) is 6.10. The van der Waals surface area contributed by atoms with Crippen LogP contribution in [-0.4, -0.2) is 4.98 Å². The minimum atomic E-state index is 0.0593. The highest BCUT2D eigenvalue weighted by Crippen LogP contribution is 2.43. The van der Waals surface area contributed by atoms with Crippen LogP contribution in [0.2, 0.25) is 0 Å². The molecule has 45 heavy (non-hydrogen) atoms. The van der Waals surface area contributed by atoms with Crippen molar-refractivity contribution < 1.29 is 4.42 Å². The Balaban J connectivity index is 1.21. The van der Waals surface area contributed by atoms with E-state index < -0.39 is 0 Å². The Labute approximate surface area is 264 Å². The molecule has 0 fully saturated rings. The number of pyridine rings is 1. The van der Waals surface area contributed by atoms with Crippen molar-refractivity contribution in [1.82, 2.24) is 4.98 Å². The monoisotopic (exact) mass is 593 g/mol. The van der Waals surface area contributed by atoms with Crippen LogP contribution in [0.15, 0.2) is 162 Å². The standard InChI is InChI=1S/C42H27NOS/c1-2-9-27(10-3-1)28-17-19-29(20-18-28)39(34-13-8-16-38-40(34)33-12-5-7-15-37(33)45-38)30-21-23-31(24-22-30)42-41-32-11-4-6-14-35(32)44-36(41)25-26-43-42/h1-26,39H. The van der Waals surface area contributed by atoms with Crippen LogP contribution in [-0.2, 0) is 0 Å². The van der Waals surface area contributed by atoms with E-state index in [1.807, 2.05) is 35.7 Å². The largest absolute Gasteiger partial charge is 0.456 e. The van der Waals surface area contributed by atoms with Gasteiger partial charge >= 0.3 is 0 Å². The van der Waals surface area contributed by atoms with Gasteiger partial charge in [-0.3, -0.25) is 4.98 Å². The molecule has 1 atom stereocenters. The van der Waals surface area contributed by atoms with E-state index in [0.29, 0.717) is 0 Å². The smallest absolute Gasteiger partial charge is 0.139 e. The second-order valence-corrected chi connectivity index (χ2v) is 12.6. The molecule has 0 N–H and O–H groups in total. The number of para-hydroxylation sites is 1. The fraction of sp³-hybridized carbons (Fsp3) is 0.0238. The van der Waals surface area contributed by atoms with E-state index in [2.05, 4.69) is 133 Å². The molecule has 0 amide bonds. The molecule has 2 nitrogen and oxygen atoms in total. The van der Waals surface area contributed by atoms with Gasteiger partial charge in [0.1, 0.15) is 11.2 Å². The highest BCUT2D eigenvalue weighted by Gasteiger charge is 2.22. The van der Waals surface area contributed by atoms with Crippen LogP contribution in [0.3, 0.4) is 0 Å². The van der Waals surface area contributed by atoms with Crippen molar-refractivity contribution in [1.29, 1.82) is 0 Å². The fourth-order valence-electron chi connectivity index (χ4n) is 6.82. The molecule has 0 saturated carbocycles. The van der Waals surface area contributed by atoms with Gasteiger partial charge in [0.15, 0.2) is 0 Å². The Morgan fingerprint density at radius 2 is 1.11 bits per heavy atom. The summed E-state index contributed by atoms with van der Waals surface area (Å²) in [5.74, 6) is 0.0593. The van der Waals surface area contributed by atoms with Gasteiger partial charge in [0.2, 0.25) is 0 Å². The Bertz CT molecular complexity index is 2470. The molecule has 212 valence electrons. The Hall–Kier alpha value is -5.51. The van der Waals surface area contributed by atoms with Crippen LogP contribution in [0.1, 0.15) is 22.6 Å².